The van der Waals surface area contributed by atoms with Crippen LogP contribution in [-0.4, -0.2) is 23.6 Å². The molecular formula is C38H53CdN3O. The fourth-order valence-corrected chi connectivity index (χ4v) is 8.32. The van der Waals surface area contributed by atoms with Crippen LogP contribution in [-0.2, 0) is 32.1 Å². The molecule has 4 nitrogen and oxygen atoms in total. The molecule has 3 aliphatic heterocycles. The van der Waals surface area contributed by atoms with Crippen LogP contribution in [0.1, 0.15) is 88.5 Å². The third kappa shape index (κ3) is 6.21. The Bertz CT molecular complexity index is 1340. The van der Waals surface area contributed by atoms with Gasteiger partial charge in [0.25, 0.3) is 0 Å². The maximum absolute atomic E-state index is 14.1. The summed E-state index contributed by atoms with van der Waals surface area (Å²) in [5.41, 5.74) is 8.77. The van der Waals surface area contributed by atoms with Crippen molar-refractivity contribution < 1.29 is 32.1 Å². The molecule has 6 unspecified atom stereocenters. The van der Waals surface area contributed by atoms with Gasteiger partial charge in [-0.3, -0.25) is 4.79 Å². The summed E-state index contributed by atoms with van der Waals surface area (Å²) in [5, 5.41) is 19.5. The number of carbonyl (C=O) groups is 1. The van der Waals surface area contributed by atoms with Crippen molar-refractivity contribution in [2.24, 2.45) is 40.9 Å². The zero-order valence-corrected chi connectivity index (χ0v) is 32.5. The van der Waals surface area contributed by atoms with Crippen LogP contribution < -0.4 is 0 Å². The minimum atomic E-state index is -0.528. The molecule has 0 radical (unpaired) electrons. The summed E-state index contributed by atoms with van der Waals surface area (Å²) in [4.78, 5) is 14.1. The van der Waals surface area contributed by atoms with Gasteiger partial charge in [-0.1, -0.05) is 94.2 Å². The van der Waals surface area contributed by atoms with Gasteiger partial charge in [0.05, 0.1) is 5.71 Å². The Labute approximate surface area is 282 Å². The zero-order chi connectivity index (χ0) is 31.3. The number of rotatable bonds is 4. The molecule has 2 saturated heterocycles. The number of hydrogen-bond donors (Lipinski definition) is 1. The second-order valence-electron chi connectivity index (χ2n) is 13.8. The molecule has 43 heavy (non-hydrogen) atoms. The first-order chi connectivity index (χ1) is 19.7. The average Bonchev–Trinajstić information content (AvgIpc) is 3.47. The molecule has 5 heteroatoms. The van der Waals surface area contributed by atoms with Crippen LogP contribution in [0.15, 0.2) is 82.3 Å². The van der Waals surface area contributed by atoms with Gasteiger partial charge in [-0.15, -0.1) is 18.7 Å². The number of fused-ring (bicyclic) bond motifs is 3. The number of allylic oxidation sites excluding steroid dienone is 9. The Morgan fingerprint density at radius 3 is 2.28 bits per heavy atom. The molecule has 3 heterocycles. The van der Waals surface area contributed by atoms with Gasteiger partial charge in [0.2, 0.25) is 0 Å². The first-order valence-corrected chi connectivity index (χ1v) is 16.1. The second kappa shape index (κ2) is 13.7. The normalized spacial score (nSPS) is 41.6. The van der Waals surface area contributed by atoms with Crippen molar-refractivity contribution in [3.8, 4) is 0 Å². The van der Waals surface area contributed by atoms with Crippen LogP contribution in [0.3, 0.4) is 0 Å². The summed E-state index contributed by atoms with van der Waals surface area (Å²) in [6.45, 7) is 30.5. The Kier molecular flexibility index (Phi) is 11.4. The molecule has 1 N–H and O–H groups in total. The van der Waals surface area contributed by atoms with Crippen molar-refractivity contribution in [2.45, 2.75) is 101 Å². The Balaban J connectivity index is 0.00000506. The quantitative estimate of drug-likeness (QED) is 0.233. The minimum Gasteiger partial charge on any atom is -0.664 e. The van der Waals surface area contributed by atoms with Crippen molar-refractivity contribution in [3.63, 3.8) is 0 Å². The molecule has 0 aromatic carbocycles. The Hall–Kier alpha value is -1.80. The van der Waals surface area contributed by atoms with Crippen LogP contribution in [0.5, 0.6) is 0 Å². The number of nitrogens with zero attached hydrogens (tertiary/aromatic N) is 2. The molecule has 4 aliphatic rings. The van der Waals surface area contributed by atoms with E-state index >= 15 is 0 Å². The number of carbonyl (C=O) groups excluding carboxylic acids is 1. The summed E-state index contributed by atoms with van der Waals surface area (Å²) >= 11 is 0. The maximum Gasteiger partial charge on any atom is 2.00 e. The van der Waals surface area contributed by atoms with E-state index in [1.165, 1.54) is 16.7 Å². The van der Waals surface area contributed by atoms with E-state index in [9.17, 15) is 4.79 Å². The predicted molar refractivity (Wildman–Crippen MR) is 179 cm³/mol. The molecule has 0 amide bonds. The van der Waals surface area contributed by atoms with Gasteiger partial charge in [0.1, 0.15) is 5.78 Å². The standard InChI is InChI=1S/C38H53N3O.Cd/c1-13-16-29-22(6)20(4)17-31-24(8)28(15-3)33(40-31)19-30(39)23(7)27(14-2)21(5)18-32-26(10)34-36(41-32)35(25(29)9)38(11,12)37(34)42;/h15,17-19,22,24,26,28-29,32,34,36H,3-4,13-14,16H2,1-2,5-12H3,(H-,39,40);/q-2;+2/b21-18+,27-23-,31-17-,35-25-;/t22-,24?,26?,28?,29+,32?,34?,36?;/m1./s1. The van der Waals surface area contributed by atoms with Crippen LogP contribution in [0.25, 0.3) is 10.6 Å². The van der Waals surface area contributed by atoms with Crippen molar-refractivity contribution in [2.75, 3.05) is 0 Å². The Morgan fingerprint density at radius 1 is 1.05 bits per heavy atom. The molecular weight excluding hydrogens is 627 g/mol. The van der Waals surface area contributed by atoms with E-state index in [0.29, 0.717) is 11.5 Å². The molecule has 4 rings (SSSR count). The SMILES string of the molecule is C=CC1/C2=C/C(=N)/C(C)=C(CC)\C(C)=C\C3[N-]C4/C(=C(\C)[C@@H](CCC)[C@H](C)C(=C)/C=C(\[N-]2)C1C)C(C)(C)C(=O)C4C3C.[Cd+2]. The van der Waals surface area contributed by atoms with Gasteiger partial charge in [0.15, 0.2) is 0 Å². The minimum absolute atomic E-state index is 0. The summed E-state index contributed by atoms with van der Waals surface area (Å²) in [7, 11) is 0. The van der Waals surface area contributed by atoms with Crippen LogP contribution in [0, 0.1) is 46.3 Å². The summed E-state index contributed by atoms with van der Waals surface area (Å²) in [6, 6.07) is -0.104. The van der Waals surface area contributed by atoms with Gasteiger partial charge in [-0.25, -0.2) is 0 Å². The monoisotopic (exact) mass is 681 g/mol. The predicted octanol–water partition coefficient (Wildman–Crippen LogP) is 10.2. The van der Waals surface area contributed by atoms with E-state index in [1.54, 1.807) is 0 Å². The number of ketones is 1. The fourth-order valence-electron chi connectivity index (χ4n) is 8.32. The molecule has 4 bridgehead atoms. The molecule has 0 aromatic heterocycles. The first kappa shape index (κ1) is 35.7. The van der Waals surface area contributed by atoms with Gasteiger partial charge in [-0.2, -0.15) is 11.4 Å². The van der Waals surface area contributed by atoms with Crippen molar-refractivity contribution in [3.05, 3.63) is 92.9 Å². The summed E-state index contributed by atoms with van der Waals surface area (Å²) < 4.78 is 0. The van der Waals surface area contributed by atoms with Crippen LogP contribution >= 0.6 is 0 Å². The topological polar surface area (TPSA) is 69.1 Å². The molecule has 8 atom stereocenters. The molecule has 228 valence electrons. The third-order valence-electron chi connectivity index (χ3n) is 11.0. The van der Waals surface area contributed by atoms with Gasteiger partial charge >= 0.3 is 27.3 Å². The maximum atomic E-state index is 14.1. The molecule has 0 aromatic rings. The van der Waals surface area contributed by atoms with E-state index in [-0.39, 0.29) is 74.9 Å². The molecule has 1 aliphatic carbocycles. The van der Waals surface area contributed by atoms with E-state index in [4.69, 9.17) is 16.0 Å². The van der Waals surface area contributed by atoms with Crippen molar-refractivity contribution in [1.29, 1.82) is 5.41 Å². The number of hydrogen-bond acceptors (Lipinski definition) is 2. The number of nitrogens with one attached hydrogen (secondary N) is 1. The van der Waals surface area contributed by atoms with E-state index < -0.39 is 5.41 Å². The second-order valence-corrected chi connectivity index (χ2v) is 13.8. The third-order valence-corrected chi connectivity index (χ3v) is 11.0. The largest absolute Gasteiger partial charge is 2.00 e. The first-order valence-electron chi connectivity index (χ1n) is 16.1. The van der Waals surface area contributed by atoms with E-state index in [1.807, 2.05) is 19.1 Å². The van der Waals surface area contributed by atoms with Crippen molar-refractivity contribution >= 4 is 11.5 Å². The molecule has 3 fully saturated rings. The molecule has 0 spiro atoms. The molecule has 1 saturated carbocycles. The fraction of sp³-hybridized carbons (Fsp3) is 0.579. The van der Waals surface area contributed by atoms with Crippen LogP contribution in [0.4, 0.5) is 0 Å². The van der Waals surface area contributed by atoms with E-state index in [0.717, 1.165) is 47.4 Å². The van der Waals surface area contributed by atoms with E-state index in [2.05, 4.69) is 87.6 Å². The average molecular weight is 680 g/mol. The van der Waals surface area contributed by atoms with Gasteiger partial charge in [0, 0.05) is 11.3 Å². The smallest absolute Gasteiger partial charge is 0.664 e. The van der Waals surface area contributed by atoms with Crippen LogP contribution in [0.2, 0.25) is 0 Å². The summed E-state index contributed by atoms with van der Waals surface area (Å²) in [6.07, 6.45) is 11.3. The number of Topliss-reactive ketones (excluding diaryl/α,β-unsaturated/α-hetero) is 1. The van der Waals surface area contributed by atoms with Gasteiger partial charge < -0.3 is 16.0 Å². The Morgan fingerprint density at radius 2 is 1.70 bits per heavy atom. The van der Waals surface area contributed by atoms with Gasteiger partial charge in [-0.05, 0) is 88.2 Å². The summed E-state index contributed by atoms with van der Waals surface area (Å²) in [5.74, 6) is 1.07. The zero-order valence-electron chi connectivity index (χ0n) is 28.5. The van der Waals surface area contributed by atoms with Crippen molar-refractivity contribution in [1.82, 2.24) is 0 Å².